The molecule has 0 bridgehead atoms. The maximum absolute atomic E-state index is 6.12. The van der Waals surface area contributed by atoms with Gasteiger partial charge in [-0.25, -0.2) is 0 Å². The molecule has 0 nitrogen and oxygen atoms in total. The standard InChI is InChI=1S/C22H28Cl2/c1-21(2,3)19(15-7-11-17(23)12-8-15)20(22(4,5)6)16-9-13-18(24)14-10-16/h7-14,19-20H,1-6H3/t19-,20-/m0/s1. The van der Waals surface area contributed by atoms with E-state index in [2.05, 4.69) is 65.8 Å². The molecule has 2 aromatic carbocycles. The van der Waals surface area contributed by atoms with Gasteiger partial charge < -0.3 is 0 Å². The van der Waals surface area contributed by atoms with Gasteiger partial charge in [-0.2, -0.15) is 0 Å². The molecule has 0 amide bonds. The van der Waals surface area contributed by atoms with Gasteiger partial charge in [0.15, 0.2) is 0 Å². The van der Waals surface area contributed by atoms with Gasteiger partial charge in [0.25, 0.3) is 0 Å². The molecule has 24 heavy (non-hydrogen) atoms. The summed E-state index contributed by atoms with van der Waals surface area (Å²) in [5.74, 6) is 0.742. The highest BCUT2D eigenvalue weighted by atomic mass is 35.5. The summed E-state index contributed by atoms with van der Waals surface area (Å²) in [6.07, 6.45) is 0. The van der Waals surface area contributed by atoms with Gasteiger partial charge in [-0.1, -0.05) is 89.0 Å². The van der Waals surface area contributed by atoms with Gasteiger partial charge in [-0.15, -0.1) is 0 Å². The maximum atomic E-state index is 6.12. The van der Waals surface area contributed by atoms with E-state index < -0.39 is 0 Å². The van der Waals surface area contributed by atoms with Crippen LogP contribution in [0.2, 0.25) is 10.0 Å². The predicted molar refractivity (Wildman–Crippen MR) is 107 cm³/mol. The Kier molecular flexibility index (Phi) is 5.72. The van der Waals surface area contributed by atoms with Gasteiger partial charge in [0, 0.05) is 10.0 Å². The molecule has 0 saturated carbocycles. The Balaban J connectivity index is 2.61. The topological polar surface area (TPSA) is 0 Å². The van der Waals surface area contributed by atoms with Gasteiger partial charge in [0.2, 0.25) is 0 Å². The Morgan fingerprint density at radius 3 is 1.00 bits per heavy atom. The van der Waals surface area contributed by atoms with Crippen molar-refractivity contribution in [3.05, 3.63) is 69.7 Å². The van der Waals surface area contributed by atoms with Crippen LogP contribution in [0.15, 0.2) is 48.5 Å². The zero-order valence-electron chi connectivity index (χ0n) is 15.5. The Hall–Kier alpha value is -0.980. The average Bonchev–Trinajstić information content (AvgIpc) is 2.45. The zero-order chi connectivity index (χ0) is 18.1. The molecule has 0 saturated heterocycles. The van der Waals surface area contributed by atoms with Crippen molar-refractivity contribution in [3.63, 3.8) is 0 Å². The third-order valence-electron chi connectivity index (χ3n) is 4.66. The Morgan fingerprint density at radius 2 is 0.792 bits per heavy atom. The van der Waals surface area contributed by atoms with E-state index in [1.165, 1.54) is 11.1 Å². The highest BCUT2D eigenvalue weighted by Gasteiger charge is 2.40. The molecule has 0 aliphatic heterocycles. The predicted octanol–water partition coefficient (Wildman–Crippen LogP) is 7.95. The van der Waals surface area contributed by atoms with Gasteiger partial charge in [0.1, 0.15) is 0 Å². The lowest BCUT2D eigenvalue weighted by Gasteiger charge is -2.44. The summed E-state index contributed by atoms with van der Waals surface area (Å²) in [6.45, 7) is 13.9. The van der Waals surface area contributed by atoms with Gasteiger partial charge in [0.05, 0.1) is 0 Å². The van der Waals surface area contributed by atoms with Gasteiger partial charge >= 0.3 is 0 Å². The fourth-order valence-electron chi connectivity index (χ4n) is 3.73. The quantitative estimate of drug-likeness (QED) is 0.519. The van der Waals surface area contributed by atoms with Crippen molar-refractivity contribution in [3.8, 4) is 0 Å². The number of benzene rings is 2. The molecular weight excluding hydrogens is 335 g/mol. The zero-order valence-corrected chi connectivity index (χ0v) is 17.0. The summed E-state index contributed by atoms with van der Waals surface area (Å²) in [7, 11) is 0. The molecule has 0 N–H and O–H groups in total. The van der Waals surface area contributed by atoms with Crippen molar-refractivity contribution in [2.24, 2.45) is 10.8 Å². The van der Waals surface area contributed by atoms with Crippen LogP contribution < -0.4 is 0 Å². The van der Waals surface area contributed by atoms with Crippen molar-refractivity contribution in [1.82, 2.24) is 0 Å². The number of halogens is 2. The summed E-state index contributed by atoms with van der Waals surface area (Å²) in [5.41, 5.74) is 2.90. The van der Waals surface area contributed by atoms with Crippen LogP contribution in [0.1, 0.15) is 64.5 Å². The SMILES string of the molecule is CC(C)(C)[C@@H](c1ccc(Cl)cc1)[C@H](c1ccc(Cl)cc1)C(C)(C)C. The van der Waals surface area contributed by atoms with Crippen LogP contribution in [-0.2, 0) is 0 Å². The summed E-state index contributed by atoms with van der Waals surface area (Å²) < 4.78 is 0. The van der Waals surface area contributed by atoms with E-state index >= 15 is 0 Å². The second-order valence-electron chi connectivity index (χ2n) is 8.79. The minimum Gasteiger partial charge on any atom is -0.0843 e. The minimum atomic E-state index is 0.116. The number of hydrogen-bond donors (Lipinski definition) is 0. The van der Waals surface area contributed by atoms with Crippen molar-refractivity contribution in [2.45, 2.75) is 53.4 Å². The van der Waals surface area contributed by atoms with Crippen LogP contribution in [0.3, 0.4) is 0 Å². The summed E-state index contributed by atoms with van der Waals surface area (Å²) in [6, 6.07) is 16.7. The molecule has 2 aromatic rings. The van der Waals surface area contributed by atoms with Gasteiger partial charge in [-0.3, -0.25) is 0 Å². The normalized spacial score (nSPS) is 15.2. The molecule has 2 atom stereocenters. The van der Waals surface area contributed by atoms with E-state index in [1.807, 2.05) is 24.3 Å². The van der Waals surface area contributed by atoms with Crippen LogP contribution in [0.4, 0.5) is 0 Å². The molecule has 0 heterocycles. The fraction of sp³-hybridized carbons (Fsp3) is 0.455. The molecule has 0 unspecified atom stereocenters. The first kappa shape index (κ1) is 19.3. The van der Waals surface area contributed by atoms with Crippen LogP contribution in [0, 0.1) is 10.8 Å². The van der Waals surface area contributed by atoms with E-state index in [-0.39, 0.29) is 10.8 Å². The lowest BCUT2D eigenvalue weighted by atomic mass is 9.60. The highest BCUT2D eigenvalue weighted by Crippen LogP contribution is 2.53. The Morgan fingerprint density at radius 1 is 0.542 bits per heavy atom. The van der Waals surface area contributed by atoms with Gasteiger partial charge in [-0.05, 0) is 58.1 Å². The first-order valence-electron chi connectivity index (χ1n) is 8.51. The Labute approximate surface area is 157 Å². The largest absolute Gasteiger partial charge is 0.0843 e. The molecule has 130 valence electrons. The fourth-order valence-corrected chi connectivity index (χ4v) is 3.98. The number of rotatable bonds is 3. The van der Waals surface area contributed by atoms with Crippen LogP contribution in [0.5, 0.6) is 0 Å². The van der Waals surface area contributed by atoms with Crippen molar-refractivity contribution in [1.29, 1.82) is 0 Å². The molecule has 0 aliphatic rings. The van der Waals surface area contributed by atoms with Crippen LogP contribution >= 0.6 is 23.2 Å². The molecular formula is C22H28Cl2. The average molecular weight is 363 g/mol. The Bertz CT molecular complexity index is 594. The van der Waals surface area contributed by atoms with E-state index in [1.54, 1.807) is 0 Å². The van der Waals surface area contributed by atoms with Crippen LogP contribution in [0.25, 0.3) is 0 Å². The summed E-state index contributed by atoms with van der Waals surface area (Å²) >= 11 is 12.2. The molecule has 0 aliphatic carbocycles. The lowest BCUT2D eigenvalue weighted by molar-refractivity contribution is 0.186. The second kappa shape index (κ2) is 7.10. The molecule has 2 heteroatoms. The van der Waals surface area contributed by atoms with E-state index in [9.17, 15) is 0 Å². The van der Waals surface area contributed by atoms with Crippen LogP contribution in [-0.4, -0.2) is 0 Å². The maximum Gasteiger partial charge on any atom is 0.0406 e. The minimum absolute atomic E-state index is 0.116. The molecule has 0 spiro atoms. The molecule has 0 radical (unpaired) electrons. The second-order valence-corrected chi connectivity index (χ2v) is 9.66. The number of hydrogen-bond acceptors (Lipinski definition) is 0. The van der Waals surface area contributed by atoms with Crippen molar-refractivity contribution >= 4 is 23.2 Å². The third kappa shape index (κ3) is 4.55. The summed E-state index contributed by atoms with van der Waals surface area (Å²) in [4.78, 5) is 0. The lowest BCUT2D eigenvalue weighted by Crippen LogP contribution is -2.32. The monoisotopic (exact) mass is 362 g/mol. The van der Waals surface area contributed by atoms with Crippen molar-refractivity contribution < 1.29 is 0 Å². The summed E-state index contributed by atoms with van der Waals surface area (Å²) in [5, 5.41) is 1.57. The van der Waals surface area contributed by atoms with E-state index in [0.29, 0.717) is 11.8 Å². The van der Waals surface area contributed by atoms with Crippen molar-refractivity contribution in [2.75, 3.05) is 0 Å². The molecule has 0 aromatic heterocycles. The third-order valence-corrected chi connectivity index (χ3v) is 5.16. The molecule has 0 fully saturated rings. The first-order chi connectivity index (χ1) is 11.0. The first-order valence-corrected chi connectivity index (χ1v) is 9.26. The van der Waals surface area contributed by atoms with E-state index in [4.69, 9.17) is 23.2 Å². The smallest absolute Gasteiger partial charge is 0.0406 e. The van der Waals surface area contributed by atoms with E-state index in [0.717, 1.165) is 10.0 Å². The molecule has 2 rings (SSSR count). The highest BCUT2D eigenvalue weighted by molar-refractivity contribution is 6.30.